The second-order valence-corrected chi connectivity index (χ2v) is 6.75. The van der Waals surface area contributed by atoms with Gasteiger partial charge in [-0.15, -0.1) is 0 Å². The summed E-state index contributed by atoms with van der Waals surface area (Å²) in [6.45, 7) is 0.522. The summed E-state index contributed by atoms with van der Waals surface area (Å²) in [5.41, 5.74) is 11.1. The topological polar surface area (TPSA) is 90.0 Å². The number of nitrogens with zero attached hydrogens (tertiary/aromatic N) is 2. The Labute approximate surface area is 157 Å². The molecule has 6 heteroatoms. The minimum Gasteiger partial charge on any atom is -0.369 e. The van der Waals surface area contributed by atoms with Crippen molar-refractivity contribution in [1.29, 1.82) is 0 Å². The molecule has 1 aliphatic heterocycles. The van der Waals surface area contributed by atoms with E-state index in [2.05, 4.69) is 10.3 Å². The van der Waals surface area contributed by atoms with Crippen molar-refractivity contribution >= 4 is 17.5 Å². The van der Waals surface area contributed by atoms with Crippen LogP contribution in [0, 0.1) is 0 Å². The van der Waals surface area contributed by atoms with Crippen LogP contribution in [0.1, 0.15) is 28.1 Å². The number of carbonyl (C=O) groups excluding carboxylic acids is 2. The Bertz CT molecular complexity index is 1010. The van der Waals surface area contributed by atoms with E-state index in [1.807, 2.05) is 53.1 Å². The number of nitrogens with two attached hydrogens (primary N) is 1. The van der Waals surface area contributed by atoms with Gasteiger partial charge in [-0.05, 0) is 16.7 Å². The summed E-state index contributed by atoms with van der Waals surface area (Å²) in [4.78, 5) is 27.9. The molecule has 2 aromatic carbocycles. The number of benzene rings is 2. The van der Waals surface area contributed by atoms with Gasteiger partial charge >= 0.3 is 0 Å². The highest BCUT2D eigenvalue weighted by atomic mass is 16.2. The highest BCUT2D eigenvalue weighted by Gasteiger charge is 2.21. The summed E-state index contributed by atoms with van der Waals surface area (Å²) in [6, 6.07) is 15.9. The number of nitrogens with one attached hydrogen (secondary N) is 1. The standard InChI is InChI=1S/C21H20N4O2/c22-19(26)11-18-17(9-14-5-2-1-3-6-14)23-13-25(18)12-16-8-4-7-15-10-20(27)24-21(15)16/h1-8,13H,9-12H2,(H2,22,26)(H,24,27). The third kappa shape index (κ3) is 3.60. The molecule has 0 saturated carbocycles. The zero-order chi connectivity index (χ0) is 18.8. The molecule has 0 aliphatic carbocycles. The minimum atomic E-state index is -0.391. The van der Waals surface area contributed by atoms with Gasteiger partial charge in [0.2, 0.25) is 11.8 Å². The lowest BCUT2D eigenvalue weighted by molar-refractivity contribution is -0.117. The number of hydrogen-bond donors (Lipinski definition) is 2. The van der Waals surface area contributed by atoms with E-state index in [9.17, 15) is 9.59 Å². The van der Waals surface area contributed by atoms with Gasteiger partial charge in [0.25, 0.3) is 0 Å². The maximum Gasteiger partial charge on any atom is 0.228 e. The van der Waals surface area contributed by atoms with E-state index < -0.39 is 5.91 Å². The first-order valence-corrected chi connectivity index (χ1v) is 8.86. The Morgan fingerprint density at radius 1 is 1.15 bits per heavy atom. The van der Waals surface area contributed by atoms with Crippen molar-refractivity contribution in [1.82, 2.24) is 9.55 Å². The third-order valence-corrected chi connectivity index (χ3v) is 4.78. The smallest absolute Gasteiger partial charge is 0.228 e. The van der Waals surface area contributed by atoms with E-state index in [-0.39, 0.29) is 12.3 Å². The molecular formula is C21H20N4O2. The molecule has 6 nitrogen and oxygen atoms in total. The Morgan fingerprint density at radius 2 is 1.96 bits per heavy atom. The molecule has 3 N–H and O–H groups in total. The Balaban J connectivity index is 1.66. The van der Waals surface area contributed by atoms with E-state index in [1.165, 1.54) is 0 Å². The first-order chi connectivity index (χ1) is 13.1. The summed E-state index contributed by atoms with van der Waals surface area (Å²) in [5.74, 6) is -0.386. The molecule has 3 aromatic rings. The Morgan fingerprint density at radius 3 is 2.74 bits per heavy atom. The lowest BCUT2D eigenvalue weighted by atomic mass is 10.1. The molecule has 136 valence electrons. The van der Waals surface area contributed by atoms with E-state index in [0.29, 0.717) is 19.4 Å². The van der Waals surface area contributed by atoms with Gasteiger partial charge in [-0.3, -0.25) is 9.59 Å². The van der Waals surface area contributed by atoms with Crippen LogP contribution < -0.4 is 11.1 Å². The normalized spacial score (nSPS) is 12.7. The van der Waals surface area contributed by atoms with Gasteiger partial charge in [0.05, 0.1) is 37.1 Å². The van der Waals surface area contributed by atoms with Crippen LogP contribution >= 0.6 is 0 Å². The number of fused-ring (bicyclic) bond motifs is 1. The summed E-state index contributed by atoms with van der Waals surface area (Å²) < 4.78 is 1.95. The molecule has 0 bridgehead atoms. The van der Waals surface area contributed by atoms with Crippen LogP contribution in [-0.4, -0.2) is 21.4 Å². The molecule has 0 spiro atoms. The van der Waals surface area contributed by atoms with Crippen molar-refractivity contribution in [3.8, 4) is 0 Å². The van der Waals surface area contributed by atoms with Gasteiger partial charge in [0.1, 0.15) is 0 Å². The summed E-state index contributed by atoms with van der Waals surface area (Å²) in [7, 11) is 0. The van der Waals surface area contributed by atoms with Gasteiger partial charge in [0, 0.05) is 12.1 Å². The molecule has 2 amide bonds. The average Bonchev–Trinajstić information content (AvgIpc) is 3.20. The van der Waals surface area contributed by atoms with Crippen LogP contribution in [0.3, 0.4) is 0 Å². The van der Waals surface area contributed by atoms with Crippen LogP contribution in [0.25, 0.3) is 0 Å². The first-order valence-electron chi connectivity index (χ1n) is 8.86. The highest BCUT2D eigenvalue weighted by molar-refractivity contribution is 6.00. The third-order valence-electron chi connectivity index (χ3n) is 4.78. The second-order valence-electron chi connectivity index (χ2n) is 6.75. The summed E-state index contributed by atoms with van der Waals surface area (Å²) in [5, 5.41) is 2.93. The molecule has 0 saturated heterocycles. The van der Waals surface area contributed by atoms with Gasteiger partial charge in [-0.1, -0.05) is 48.5 Å². The van der Waals surface area contributed by atoms with Crippen molar-refractivity contribution in [2.24, 2.45) is 5.73 Å². The number of aromatic nitrogens is 2. The first kappa shape index (κ1) is 17.0. The number of hydrogen-bond acceptors (Lipinski definition) is 3. The summed E-state index contributed by atoms with van der Waals surface area (Å²) in [6.07, 6.45) is 2.91. The molecule has 0 atom stereocenters. The second kappa shape index (κ2) is 7.07. The molecule has 1 aliphatic rings. The van der Waals surface area contributed by atoms with Gasteiger partial charge in [-0.25, -0.2) is 4.98 Å². The fourth-order valence-corrected chi connectivity index (χ4v) is 3.52. The number of rotatable bonds is 6. The lowest BCUT2D eigenvalue weighted by Crippen LogP contribution is -2.18. The van der Waals surface area contributed by atoms with Crippen LogP contribution in [0.5, 0.6) is 0 Å². The number of carbonyl (C=O) groups is 2. The highest BCUT2D eigenvalue weighted by Crippen LogP contribution is 2.28. The molecule has 0 unspecified atom stereocenters. The molecular weight excluding hydrogens is 340 g/mol. The SMILES string of the molecule is NC(=O)Cc1c(Cc2ccccc2)ncn1Cc1cccc2c1NC(=O)C2. The summed E-state index contributed by atoms with van der Waals surface area (Å²) >= 11 is 0. The Hall–Kier alpha value is -3.41. The van der Waals surface area contributed by atoms with Gasteiger partial charge < -0.3 is 15.6 Å². The molecule has 27 heavy (non-hydrogen) atoms. The van der Waals surface area contributed by atoms with Crippen molar-refractivity contribution in [3.63, 3.8) is 0 Å². The van der Waals surface area contributed by atoms with Crippen LogP contribution in [-0.2, 0) is 35.4 Å². The number of anilines is 1. The minimum absolute atomic E-state index is 0.00482. The number of primary amides is 1. The molecule has 2 heterocycles. The maximum absolute atomic E-state index is 11.7. The number of imidazole rings is 1. The van der Waals surface area contributed by atoms with Crippen molar-refractivity contribution in [2.75, 3.05) is 5.32 Å². The number of amides is 2. The van der Waals surface area contributed by atoms with E-state index in [4.69, 9.17) is 5.73 Å². The molecule has 0 fully saturated rings. The monoisotopic (exact) mass is 360 g/mol. The largest absolute Gasteiger partial charge is 0.369 e. The predicted molar refractivity (Wildman–Crippen MR) is 102 cm³/mol. The van der Waals surface area contributed by atoms with Crippen molar-refractivity contribution in [2.45, 2.75) is 25.8 Å². The average molecular weight is 360 g/mol. The van der Waals surface area contributed by atoms with E-state index in [1.54, 1.807) is 6.33 Å². The molecule has 4 rings (SSSR count). The maximum atomic E-state index is 11.7. The quantitative estimate of drug-likeness (QED) is 0.705. The van der Waals surface area contributed by atoms with E-state index >= 15 is 0 Å². The van der Waals surface area contributed by atoms with Crippen molar-refractivity contribution in [3.05, 3.63) is 82.9 Å². The fraction of sp³-hybridized carbons (Fsp3) is 0.190. The zero-order valence-electron chi connectivity index (χ0n) is 14.8. The van der Waals surface area contributed by atoms with Crippen LogP contribution in [0.15, 0.2) is 54.9 Å². The van der Waals surface area contributed by atoms with Crippen molar-refractivity contribution < 1.29 is 9.59 Å². The van der Waals surface area contributed by atoms with Gasteiger partial charge in [-0.2, -0.15) is 0 Å². The number of para-hydroxylation sites is 1. The molecule has 1 aromatic heterocycles. The molecule has 0 radical (unpaired) electrons. The van der Waals surface area contributed by atoms with E-state index in [0.717, 1.165) is 33.8 Å². The van der Waals surface area contributed by atoms with Gasteiger partial charge in [0.15, 0.2) is 0 Å². The van der Waals surface area contributed by atoms with Crippen LogP contribution in [0.2, 0.25) is 0 Å². The predicted octanol–water partition coefficient (Wildman–Crippen LogP) is 2.04. The lowest BCUT2D eigenvalue weighted by Gasteiger charge is -2.12. The Kier molecular flexibility index (Phi) is 4.46. The zero-order valence-corrected chi connectivity index (χ0v) is 14.8. The fourth-order valence-electron chi connectivity index (χ4n) is 3.52. The van der Waals surface area contributed by atoms with Crippen LogP contribution in [0.4, 0.5) is 5.69 Å².